The number of nitrogens with zero attached hydrogens (tertiary/aromatic N) is 1. The van der Waals surface area contributed by atoms with E-state index in [1.165, 1.54) is 0 Å². The maximum Gasteiger partial charge on any atom is 0.230 e. The van der Waals surface area contributed by atoms with Crippen molar-refractivity contribution < 1.29 is 4.79 Å². The zero-order valence-corrected chi connectivity index (χ0v) is 10.7. The van der Waals surface area contributed by atoms with Crippen LogP contribution in [0.5, 0.6) is 0 Å². The molecule has 1 heterocycles. The summed E-state index contributed by atoms with van der Waals surface area (Å²) in [6.07, 6.45) is 1.72. The lowest BCUT2D eigenvalue weighted by atomic mass is 10.1. The molecule has 0 aliphatic heterocycles. The molecule has 1 aromatic heterocycles. The zero-order valence-electron chi connectivity index (χ0n) is 9.11. The van der Waals surface area contributed by atoms with Crippen molar-refractivity contribution in [3.05, 3.63) is 42.1 Å². The quantitative estimate of drug-likeness (QED) is 0.848. The second-order valence-electron chi connectivity index (χ2n) is 3.58. The molecule has 0 aliphatic carbocycles. The highest BCUT2D eigenvalue weighted by Gasteiger charge is 2.00. The Morgan fingerprint density at radius 1 is 1.29 bits per heavy atom. The summed E-state index contributed by atoms with van der Waals surface area (Å²) in [5.74, 6) is -0.0114. The number of amides is 1. The monoisotopic (exact) mass is 293 g/mol. The smallest absolute Gasteiger partial charge is 0.230 e. The predicted molar refractivity (Wildman–Crippen MR) is 69.7 cm³/mol. The van der Waals surface area contributed by atoms with Gasteiger partial charge in [-0.3, -0.25) is 9.89 Å². The van der Waals surface area contributed by atoms with Gasteiger partial charge in [0, 0.05) is 12.7 Å². The second-order valence-corrected chi connectivity index (χ2v) is 4.14. The lowest BCUT2D eigenvalue weighted by Gasteiger charge is -2.04. The number of benzene rings is 1. The number of H-pyrrole nitrogens is 1. The molecule has 2 N–H and O–H groups in total. The van der Waals surface area contributed by atoms with Gasteiger partial charge in [-0.25, -0.2) is 0 Å². The van der Waals surface area contributed by atoms with Crippen LogP contribution in [0.3, 0.4) is 0 Å². The number of aromatic nitrogens is 2. The number of carbonyl (C=O) groups excluding carboxylic acids is 1. The summed E-state index contributed by atoms with van der Waals surface area (Å²) in [6, 6.07) is 9.91. The molecule has 0 radical (unpaired) electrons. The average Bonchev–Trinajstić information content (AvgIpc) is 2.90. The highest BCUT2D eigenvalue weighted by Crippen LogP contribution is 2.16. The van der Waals surface area contributed by atoms with Crippen molar-refractivity contribution in [3.8, 4) is 11.3 Å². The van der Waals surface area contributed by atoms with Crippen molar-refractivity contribution in [2.45, 2.75) is 6.54 Å². The molecule has 1 amide bonds. The van der Waals surface area contributed by atoms with E-state index in [4.69, 9.17) is 0 Å². The van der Waals surface area contributed by atoms with Crippen LogP contribution in [0.25, 0.3) is 11.3 Å². The fourth-order valence-electron chi connectivity index (χ4n) is 1.47. The van der Waals surface area contributed by atoms with Gasteiger partial charge in [0.1, 0.15) is 0 Å². The molecule has 4 nitrogen and oxygen atoms in total. The van der Waals surface area contributed by atoms with Crippen molar-refractivity contribution in [2.75, 3.05) is 5.33 Å². The molecule has 1 aromatic carbocycles. The summed E-state index contributed by atoms with van der Waals surface area (Å²) in [4.78, 5) is 11.1. The van der Waals surface area contributed by atoms with E-state index in [2.05, 4.69) is 31.4 Å². The van der Waals surface area contributed by atoms with E-state index < -0.39 is 0 Å². The summed E-state index contributed by atoms with van der Waals surface area (Å²) < 4.78 is 0. The molecule has 0 saturated carbocycles. The third-order valence-corrected chi connectivity index (χ3v) is 2.89. The third-order valence-electron chi connectivity index (χ3n) is 2.38. The molecule has 17 heavy (non-hydrogen) atoms. The van der Waals surface area contributed by atoms with Crippen LogP contribution in [0.15, 0.2) is 36.5 Å². The predicted octanol–water partition coefficient (Wildman–Crippen LogP) is 2.09. The molecular weight excluding hydrogens is 282 g/mol. The molecule has 2 aromatic rings. The van der Waals surface area contributed by atoms with Gasteiger partial charge in [-0.2, -0.15) is 5.10 Å². The highest BCUT2D eigenvalue weighted by atomic mass is 79.9. The zero-order chi connectivity index (χ0) is 12.1. The Kier molecular flexibility index (Phi) is 3.93. The summed E-state index contributed by atoms with van der Waals surface area (Å²) in [5, 5.41) is 9.94. The minimum atomic E-state index is -0.0114. The molecule has 2 rings (SSSR count). The van der Waals surface area contributed by atoms with Crippen LogP contribution in [0.1, 0.15) is 5.56 Å². The van der Waals surface area contributed by atoms with Crippen molar-refractivity contribution in [2.24, 2.45) is 0 Å². The van der Waals surface area contributed by atoms with Gasteiger partial charge in [-0.15, -0.1) is 0 Å². The summed E-state index contributed by atoms with van der Waals surface area (Å²) >= 11 is 3.10. The number of carbonyl (C=O) groups is 1. The van der Waals surface area contributed by atoms with Gasteiger partial charge in [0.2, 0.25) is 5.91 Å². The van der Waals surface area contributed by atoms with Crippen LogP contribution in [-0.2, 0) is 11.3 Å². The average molecular weight is 294 g/mol. The fourth-order valence-corrected chi connectivity index (χ4v) is 1.66. The molecule has 0 saturated heterocycles. The fraction of sp³-hybridized carbons (Fsp3) is 0.167. The van der Waals surface area contributed by atoms with Gasteiger partial charge in [0.25, 0.3) is 0 Å². The maximum atomic E-state index is 11.1. The molecule has 0 atom stereocenters. The molecule has 0 aliphatic rings. The van der Waals surface area contributed by atoms with E-state index in [1.807, 2.05) is 30.3 Å². The minimum absolute atomic E-state index is 0.0114. The van der Waals surface area contributed by atoms with E-state index in [1.54, 1.807) is 6.20 Å². The van der Waals surface area contributed by atoms with E-state index in [0.29, 0.717) is 11.9 Å². The standard InChI is InChI=1S/C12H12BrN3O/c13-7-12(17)14-8-9-1-3-10(4-2-9)11-5-6-15-16-11/h1-6H,7-8H2,(H,14,17)(H,15,16). The van der Waals surface area contributed by atoms with Crippen LogP contribution < -0.4 is 5.32 Å². The van der Waals surface area contributed by atoms with Gasteiger partial charge in [0.05, 0.1) is 11.0 Å². The van der Waals surface area contributed by atoms with Crippen LogP contribution in [0.2, 0.25) is 0 Å². The summed E-state index contributed by atoms with van der Waals surface area (Å²) in [5.41, 5.74) is 3.14. The van der Waals surface area contributed by atoms with Crippen LogP contribution >= 0.6 is 15.9 Å². The highest BCUT2D eigenvalue weighted by molar-refractivity contribution is 9.09. The Hall–Kier alpha value is -1.62. The van der Waals surface area contributed by atoms with Crippen molar-refractivity contribution in [1.29, 1.82) is 0 Å². The van der Waals surface area contributed by atoms with Gasteiger partial charge in [-0.1, -0.05) is 40.2 Å². The van der Waals surface area contributed by atoms with Crippen LogP contribution in [0.4, 0.5) is 0 Å². The topological polar surface area (TPSA) is 57.8 Å². The lowest BCUT2D eigenvalue weighted by molar-refractivity contribution is -0.118. The van der Waals surface area contributed by atoms with Crippen LogP contribution in [-0.4, -0.2) is 21.4 Å². The van der Waals surface area contributed by atoms with Crippen molar-refractivity contribution in [1.82, 2.24) is 15.5 Å². The Bertz CT molecular complexity index is 479. The number of hydrogen-bond donors (Lipinski definition) is 2. The largest absolute Gasteiger partial charge is 0.351 e. The van der Waals surface area contributed by atoms with Gasteiger partial charge >= 0.3 is 0 Å². The van der Waals surface area contributed by atoms with E-state index in [-0.39, 0.29) is 5.91 Å². The Morgan fingerprint density at radius 3 is 2.65 bits per heavy atom. The van der Waals surface area contributed by atoms with Gasteiger partial charge in [-0.05, 0) is 17.2 Å². The number of nitrogens with one attached hydrogen (secondary N) is 2. The SMILES string of the molecule is O=C(CBr)NCc1ccc(-c2ccn[nH]2)cc1. The molecular formula is C12H12BrN3O. The number of alkyl halides is 1. The molecule has 5 heteroatoms. The Labute approximate surface area is 108 Å². The molecule has 0 unspecified atom stereocenters. The molecule has 88 valence electrons. The van der Waals surface area contributed by atoms with Crippen molar-refractivity contribution in [3.63, 3.8) is 0 Å². The first kappa shape index (κ1) is 11.9. The summed E-state index contributed by atoms with van der Waals surface area (Å²) in [7, 11) is 0. The third kappa shape index (κ3) is 3.17. The van der Waals surface area contributed by atoms with E-state index in [0.717, 1.165) is 16.8 Å². The number of rotatable bonds is 4. The van der Waals surface area contributed by atoms with E-state index >= 15 is 0 Å². The van der Waals surface area contributed by atoms with Crippen LogP contribution in [0, 0.1) is 0 Å². The van der Waals surface area contributed by atoms with Gasteiger partial charge < -0.3 is 5.32 Å². The number of aromatic amines is 1. The Morgan fingerprint density at radius 2 is 2.06 bits per heavy atom. The molecule has 0 spiro atoms. The van der Waals surface area contributed by atoms with Gasteiger partial charge in [0.15, 0.2) is 0 Å². The normalized spacial score (nSPS) is 10.2. The first-order valence-electron chi connectivity index (χ1n) is 5.21. The number of halogens is 1. The Balaban J connectivity index is 2.01. The molecule has 0 bridgehead atoms. The molecule has 0 fully saturated rings. The van der Waals surface area contributed by atoms with Crippen molar-refractivity contribution >= 4 is 21.8 Å². The minimum Gasteiger partial charge on any atom is -0.351 e. The first-order chi connectivity index (χ1) is 8.29. The first-order valence-corrected chi connectivity index (χ1v) is 6.33. The second kappa shape index (κ2) is 5.63. The summed E-state index contributed by atoms with van der Waals surface area (Å²) in [6.45, 7) is 0.549. The van der Waals surface area contributed by atoms with E-state index in [9.17, 15) is 4.79 Å². The maximum absolute atomic E-state index is 11.1. The lowest BCUT2D eigenvalue weighted by Crippen LogP contribution is -2.23. The number of hydrogen-bond acceptors (Lipinski definition) is 2.